The van der Waals surface area contributed by atoms with Gasteiger partial charge in [-0.25, -0.2) is 4.79 Å². The highest BCUT2D eigenvalue weighted by Crippen LogP contribution is 2.19. The highest BCUT2D eigenvalue weighted by atomic mass is 16.5. The quantitative estimate of drug-likeness (QED) is 0.490. The summed E-state index contributed by atoms with van der Waals surface area (Å²) in [7, 11) is 0. The Morgan fingerprint density at radius 2 is 1.84 bits per heavy atom. The van der Waals surface area contributed by atoms with Gasteiger partial charge in [0.2, 0.25) is 0 Å². The first-order valence-corrected chi connectivity index (χ1v) is 6.09. The van der Waals surface area contributed by atoms with Crippen LogP contribution in [0.3, 0.4) is 0 Å². The zero-order chi connectivity index (χ0) is 15.0. The summed E-state index contributed by atoms with van der Waals surface area (Å²) >= 11 is 0. The third-order valence-electron chi connectivity index (χ3n) is 2.68. The number of carboxylic acids is 2. The molecule has 0 aliphatic carbocycles. The summed E-state index contributed by atoms with van der Waals surface area (Å²) in [6.07, 6.45) is -0.166. The van der Waals surface area contributed by atoms with E-state index in [9.17, 15) is 14.4 Å². The second kappa shape index (κ2) is 8.29. The van der Waals surface area contributed by atoms with E-state index in [0.717, 1.165) is 0 Å². The Hall–Kier alpha value is -1.85. The van der Waals surface area contributed by atoms with Gasteiger partial charge in [0.15, 0.2) is 0 Å². The summed E-state index contributed by atoms with van der Waals surface area (Å²) in [4.78, 5) is 32.9. The van der Waals surface area contributed by atoms with E-state index < -0.39 is 29.9 Å². The number of rotatable bonds is 9. The van der Waals surface area contributed by atoms with Crippen molar-refractivity contribution in [3.63, 3.8) is 0 Å². The minimum Gasteiger partial charge on any atom is -0.481 e. The molecule has 0 saturated carbocycles. The number of hydrogen-bond donors (Lipinski definition) is 2. The Kier molecular flexibility index (Phi) is 7.48. The fraction of sp³-hybridized carbons (Fsp3) is 0.615. The van der Waals surface area contributed by atoms with Gasteiger partial charge in [0.1, 0.15) is 6.10 Å². The summed E-state index contributed by atoms with van der Waals surface area (Å²) in [6, 6.07) is 0. The number of carboxylic acid groups (broad SMARTS) is 2. The molecule has 0 amide bonds. The van der Waals surface area contributed by atoms with Crippen molar-refractivity contribution in [2.24, 2.45) is 5.92 Å². The van der Waals surface area contributed by atoms with Crippen molar-refractivity contribution < 1.29 is 29.3 Å². The molecule has 0 bridgehead atoms. The van der Waals surface area contributed by atoms with Gasteiger partial charge in [0.05, 0.1) is 5.92 Å². The van der Waals surface area contributed by atoms with E-state index in [1.807, 2.05) is 0 Å². The zero-order valence-corrected chi connectivity index (χ0v) is 11.2. The fourth-order valence-electron chi connectivity index (χ4n) is 1.51. The Bertz CT molecular complexity index is 360. The van der Waals surface area contributed by atoms with Crippen molar-refractivity contribution in [3.05, 3.63) is 12.2 Å². The predicted octanol–water partition coefficient (Wildman–Crippen LogP) is 1.84. The molecule has 0 aromatic carbocycles. The Morgan fingerprint density at radius 3 is 2.21 bits per heavy atom. The first-order chi connectivity index (χ1) is 8.77. The third-order valence-corrected chi connectivity index (χ3v) is 2.68. The van der Waals surface area contributed by atoms with Gasteiger partial charge in [0.25, 0.3) is 0 Å². The summed E-state index contributed by atoms with van der Waals surface area (Å²) in [5.41, 5.74) is 0.246. The Morgan fingerprint density at radius 1 is 1.26 bits per heavy atom. The van der Waals surface area contributed by atoms with Crippen LogP contribution in [-0.4, -0.2) is 34.2 Å². The normalized spacial score (nSPS) is 13.4. The molecular weight excluding hydrogens is 252 g/mol. The van der Waals surface area contributed by atoms with E-state index in [2.05, 4.69) is 6.58 Å². The molecule has 0 aromatic rings. The van der Waals surface area contributed by atoms with Crippen molar-refractivity contribution in [1.29, 1.82) is 0 Å². The summed E-state index contributed by atoms with van der Waals surface area (Å²) in [5.74, 6) is -3.52. The smallest absolute Gasteiger partial charge is 0.333 e. The molecule has 2 unspecified atom stereocenters. The lowest BCUT2D eigenvalue weighted by molar-refractivity contribution is -0.151. The van der Waals surface area contributed by atoms with Crippen molar-refractivity contribution in [2.45, 2.75) is 45.6 Å². The standard InChI is InChI=1S/C13H20O6/c1-4-10(19-13(18)8(2)3)7-9(12(16)17)5-6-11(14)15/h9-10H,2,4-7H2,1,3H3,(H,14,15)(H,16,17). The lowest BCUT2D eigenvalue weighted by atomic mass is 9.95. The topological polar surface area (TPSA) is 101 Å². The van der Waals surface area contributed by atoms with Crippen LogP contribution < -0.4 is 0 Å². The molecule has 0 aliphatic heterocycles. The first kappa shape index (κ1) is 17.2. The van der Waals surface area contributed by atoms with Crippen molar-refractivity contribution in [2.75, 3.05) is 0 Å². The average Bonchev–Trinajstić information content (AvgIpc) is 2.31. The maximum Gasteiger partial charge on any atom is 0.333 e. The lowest BCUT2D eigenvalue weighted by Crippen LogP contribution is -2.25. The molecule has 108 valence electrons. The molecule has 0 aliphatic rings. The molecule has 6 heteroatoms. The lowest BCUT2D eigenvalue weighted by Gasteiger charge is -2.20. The van der Waals surface area contributed by atoms with Crippen LogP contribution in [0.25, 0.3) is 0 Å². The maximum absolute atomic E-state index is 11.4. The van der Waals surface area contributed by atoms with Crippen LogP contribution in [0.2, 0.25) is 0 Å². The van der Waals surface area contributed by atoms with E-state index in [1.165, 1.54) is 6.92 Å². The number of hydrogen-bond acceptors (Lipinski definition) is 4. The molecule has 0 fully saturated rings. The van der Waals surface area contributed by atoms with E-state index in [-0.39, 0.29) is 24.8 Å². The number of carbonyl (C=O) groups excluding carboxylic acids is 1. The number of carbonyl (C=O) groups is 3. The second-order valence-corrected chi connectivity index (χ2v) is 4.42. The van der Waals surface area contributed by atoms with Crippen molar-refractivity contribution in [3.8, 4) is 0 Å². The molecule has 0 heterocycles. The highest BCUT2D eigenvalue weighted by molar-refractivity contribution is 5.87. The molecule has 2 N–H and O–H groups in total. The van der Waals surface area contributed by atoms with Crippen LogP contribution in [0.1, 0.15) is 39.5 Å². The van der Waals surface area contributed by atoms with Gasteiger partial charge >= 0.3 is 17.9 Å². The predicted molar refractivity (Wildman–Crippen MR) is 67.6 cm³/mol. The molecule has 6 nitrogen and oxygen atoms in total. The van der Waals surface area contributed by atoms with E-state index in [0.29, 0.717) is 6.42 Å². The summed E-state index contributed by atoms with van der Waals surface area (Å²) in [6.45, 7) is 6.73. The van der Waals surface area contributed by atoms with E-state index in [1.54, 1.807) is 6.92 Å². The number of esters is 1. The van der Waals surface area contributed by atoms with Gasteiger partial charge in [0, 0.05) is 12.0 Å². The third kappa shape index (κ3) is 7.23. The van der Waals surface area contributed by atoms with Crippen LogP contribution in [-0.2, 0) is 19.1 Å². The SMILES string of the molecule is C=C(C)C(=O)OC(CC)CC(CCC(=O)O)C(=O)O. The molecule has 0 spiro atoms. The van der Waals surface area contributed by atoms with E-state index >= 15 is 0 Å². The molecule has 0 aromatic heterocycles. The van der Waals surface area contributed by atoms with Crippen LogP contribution in [0.5, 0.6) is 0 Å². The molecule has 19 heavy (non-hydrogen) atoms. The monoisotopic (exact) mass is 272 g/mol. The minimum absolute atomic E-state index is 0.0196. The van der Waals surface area contributed by atoms with E-state index in [4.69, 9.17) is 14.9 Å². The van der Waals surface area contributed by atoms with Crippen LogP contribution in [0.4, 0.5) is 0 Å². The second-order valence-electron chi connectivity index (χ2n) is 4.42. The summed E-state index contributed by atoms with van der Waals surface area (Å²) in [5, 5.41) is 17.6. The Labute approximate surface area is 112 Å². The van der Waals surface area contributed by atoms with Gasteiger partial charge in [-0.05, 0) is 26.2 Å². The van der Waals surface area contributed by atoms with Crippen LogP contribution in [0.15, 0.2) is 12.2 Å². The molecular formula is C13H20O6. The maximum atomic E-state index is 11.4. The van der Waals surface area contributed by atoms with Crippen molar-refractivity contribution >= 4 is 17.9 Å². The first-order valence-electron chi connectivity index (χ1n) is 6.09. The van der Waals surface area contributed by atoms with Crippen LogP contribution in [0, 0.1) is 5.92 Å². The van der Waals surface area contributed by atoms with Gasteiger partial charge in [-0.15, -0.1) is 0 Å². The minimum atomic E-state index is -1.08. The highest BCUT2D eigenvalue weighted by Gasteiger charge is 2.24. The molecule has 2 atom stereocenters. The number of aliphatic carboxylic acids is 2. The molecule has 0 saturated heterocycles. The molecule has 0 rings (SSSR count). The van der Waals surface area contributed by atoms with Crippen LogP contribution >= 0.6 is 0 Å². The fourth-order valence-corrected chi connectivity index (χ4v) is 1.51. The summed E-state index contributed by atoms with van der Waals surface area (Å²) < 4.78 is 5.10. The Balaban J connectivity index is 4.52. The molecule has 0 radical (unpaired) electrons. The zero-order valence-electron chi connectivity index (χ0n) is 11.2. The average molecular weight is 272 g/mol. The number of ether oxygens (including phenoxy) is 1. The van der Waals surface area contributed by atoms with Gasteiger partial charge in [-0.1, -0.05) is 13.5 Å². The van der Waals surface area contributed by atoms with Crippen molar-refractivity contribution in [1.82, 2.24) is 0 Å². The largest absolute Gasteiger partial charge is 0.481 e. The van der Waals surface area contributed by atoms with Gasteiger partial charge in [-0.3, -0.25) is 9.59 Å². The van der Waals surface area contributed by atoms with Gasteiger partial charge < -0.3 is 14.9 Å². The van der Waals surface area contributed by atoms with Gasteiger partial charge in [-0.2, -0.15) is 0 Å².